The number of hydrogen-bond acceptors (Lipinski definition) is 5. The third kappa shape index (κ3) is 3.05. The first-order chi connectivity index (χ1) is 11.3. The molecule has 0 bridgehead atoms. The number of Topliss-reactive ketones (excluding diaryl/α,β-unsaturated/α-hetero) is 1. The molecular weight excluding hydrogens is 312 g/mol. The highest BCUT2D eigenvalue weighted by Gasteiger charge is 2.20. The van der Waals surface area contributed by atoms with Crippen LogP contribution in [0.4, 0.5) is 5.69 Å². The number of nitro groups is 1. The van der Waals surface area contributed by atoms with Crippen LogP contribution in [0.15, 0.2) is 23.8 Å². The van der Waals surface area contributed by atoms with Gasteiger partial charge in [-0.2, -0.15) is 0 Å². The lowest BCUT2D eigenvalue weighted by Crippen LogP contribution is -2.13. The summed E-state index contributed by atoms with van der Waals surface area (Å²) in [5, 5.41) is 11.6. The molecule has 1 aromatic carbocycles. The molecule has 0 aliphatic rings. The standard InChI is InChI=1S/C17H18N2O5/c1-5-24-17(21)14(11(3)20)9-13-10(2)18(4)16-7-6-12(19(22)23)8-15(13)16/h6-9H,5H2,1-4H3/b14-9-. The number of nitro benzene ring substituents is 1. The van der Waals surface area contributed by atoms with Crippen molar-refractivity contribution in [3.63, 3.8) is 0 Å². The van der Waals surface area contributed by atoms with E-state index in [0.29, 0.717) is 10.9 Å². The molecule has 0 N–H and O–H groups in total. The zero-order chi connectivity index (χ0) is 18.0. The Kier molecular flexibility index (Phi) is 4.82. The van der Waals surface area contributed by atoms with Gasteiger partial charge in [-0.05, 0) is 32.9 Å². The number of carbonyl (C=O) groups is 2. The van der Waals surface area contributed by atoms with Gasteiger partial charge in [0.15, 0.2) is 5.78 Å². The van der Waals surface area contributed by atoms with Crippen LogP contribution in [0.2, 0.25) is 0 Å². The van der Waals surface area contributed by atoms with Gasteiger partial charge in [0, 0.05) is 41.3 Å². The summed E-state index contributed by atoms with van der Waals surface area (Å²) < 4.78 is 6.77. The van der Waals surface area contributed by atoms with Crippen LogP contribution >= 0.6 is 0 Å². The van der Waals surface area contributed by atoms with Crippen LogP contribution in [0.25, 0.3) is 17.0 Å². The first-order valence-electron chi connectivity index (χ1n) is 7.41. The van der Waals surface area contributed by atoms with E-state index in [1.54, 1.807) is 13.0 Å². The van der Waals surface area contributed by atoms with Crippen LogP contribution in [0.5, 0.6) is 0 Å². The summed E-state index contributed by atoms with van der Waals surface area (Å²) in [6.07, 6.45) is 1.45. The van der Waals surface area contributed by atoms with E-state index in [9.17, 15) is 19.7 Å². The predicted octanol–water partition coefficient (Wildman–Crippen LogP) is 2.93. The number of fused-ring (bicyclic) bond motifs is 1. The van der Waals surface area contributed by atoms with Gasteiger partial charge >= 0.3 is 5.97 Å². The number of carbonyl (C=O) groups excluding carboxylic acids is 2. The Morgan fingerprint density at radius 1 is 1.38 bits per heavy atom. The lowest BCUT2D eigenvalue weighted by Gasteiger charge is -2.04. The second-order valence-electron chi connectivity index (χ2n) is 5.35. The highest BCUT2D eigenvalue weighted by molar-refractivity contribution is 6.20. The number of non-ortho nitro benzene ring substituents is 1. The van der Waals surface area contributed by atoms with Crippen molar-refractivity contribution in [2.24, 2.45) is 7.05 Å². The molecule has 1 heterocycles. The highest BCUT2D eigenvalue weighted by atomic mass is 16.6. The topological polar surface area (TPSA) is 91.4 Å². The summed E-state index contributed by atoms with van der Waals surface area (Å²) >= 11 is 0. The minimum Gasteiger partial charge on any atom is -0.462 e. The largest absolute Gasteiger partial charge is 0.462 e. The minimum absolute atomic E-state index is 0.0525. The molecule has 126 valence electrons. The Balaban J connectivity index is 2.74. The summed E-state index contributed by atoms with van der Waals surface area (Å²) in [6, 6.07) is 4.51. The van der Waals surface area contributed by atoms with E-state index in [0.717, 1.165) is 11.2 Å². The van der Waals surface area contributed by atoms with Crippen LogP contribution in [0.1, 0.15) is 25.1 Å². The molecule has 0 aliphatic heterocycles. The van der Waals surface area contributed by atoms with Gasteiger partial charge < -0.3 is 9.30 Å². The van der Waals surface area contributed by atoms with E-state index in [4.69, 9.17) is 4.74 Å². The van der Waals surface area contributed by atoms with Crippen LogP contribution in [0, 0.1) is 17.0 Å². The maximum atomic E-state index is 12.0. The van der Waals surface area contributed by atoms with Crippen LogP contribution in [0.3, 0.4) is 0 Å². The monoisotopic (exact) mass is 330 g/mol. The molecule has 0 radical (unpaired) electrons. The highest BCUT2D eigenvalue weighted by Crippen LogP contribution is 2.30. The molecule has 0 unspecified atom stereocenters. The molecule has 2 rings (SSSR count). The molecule has 0 spiro atoms. The van der Waals surface area contributed by atoms with E-state index >= 15 is 0 Å². The van der Waals surface area contributed by atoms with Gasteiger partial charge in [0.25, 0.3) is 5.69 Å². The first-order valence-corrected chi connectivity index (χ1v) is 7.41. The summed E-state index contributed by atoms with van der Waals surface area (Å²) in [5.41, 5.74) is 2.02. The lowest BCUT2D eigenvalue weighted by molar-refractivity contribution is -0.384. The predicted molar refractivity (Wildman–Crippen MR) is 89.6 cm³/mol. The van der Waals surface area contributed by atoms with E-state index in [-0.39, 0.29) is 17.9 Å². The second-order valence-corrected chi connectivity index (χ2v) is 5.35. The molecule has 2 aromatic rings. The van der Waals surface area contributed by atoms with E-state index < -0.39 is 16.7 Å². The maximum absolute atomic E-state index is 12.0. The SMILES string of the molecule is CCOC(=O)/C(=C\c1c(C)n(C)c2ccc([N+](=O)[O-])cc12)C(C)=O. The van der Waals surface area contributed by atoms with E-state index in [1.165, 1.54) is 25.1 Å². The third-order valence-corrected chi connectivity index (χ3v) is 3.90. The molecule has 0 atom stereocenters. The number of ether oxygens (including phenoxy) is 1. The number of rotatable bonds is 5. The summed E-state index contributed by atoms with van der Waals surface area (Å²) in [4.78, 5) is 34.3. The molecule has 24 heavy (non-hydrogen) atoms. The van der Waals surface area contributed by atoms with Gasteiger partial charge in [0.05, 0.1) is 11.5 Å². The van der Waals surface area contributed by atoms with Gasteiger partial charge in [0.1, 0.15) is 5.57 Å². The Morgan fingerprint density at radius 2 is 2.04 bits per heavy atom. The summed E-state index contributed by atoms with van der Waals surface area (Å²) in [7, 11) is 1.82. The van der Waals surface area contributed by atoms with Crippen molar-refractivity contribution >= 4 is 34.4 Å². The average molecular weight is 330 g/mol. The van der Waals surface area contributed by atoms with Gasteiger partial charge in [-0.3, -0.25) is 14.9 Å². The molecule has 7 nitrogen and oxygen atoms in total. The average Bonchev–Trinajstić information content (AvgIpc) is 2.76. The number of aryl methyl sites for hydroxylation is 1. The zero-order valence-corrected chi connectivity index (χ0v) is 14.0. The fourth-order valence-electron chi connectivity index (χ4n) is 2.54. The summed E-state index contributed by atoms with van der Waals surface area (Å²) in [5.74, 6) is -1.12. The van der Waals surface area contributed by atoms with Gasteiger partial charge in [0.2, 0.25) is 0 Å². The molecule has 0 aliphatic carbocycles. The molecule has 0 saturated carbocycles. The summed E-state index contributed by atoms with van der Waals surface area (Å²) in [6.45, 7) is 4.91. The third-order valence-electron chi connectivity index (χ3n) is 3.90. The van der Waals surface area contributed by atoms with Gasteiger partial charge in [-0.1, -0.05) is 0 Å². The number of esters is 1. The quantitative estimate of drug-likeness (QED) is 0.210. The van der Waals surface area contributed by atoms with E-state index in [1.807, 2.05) is 18.5 Å². The fraction of sp³-hybridized carbons (Fsp3) is 0.294. The molecular formula is C17H18N2O5. The maximum Gasteiger partial charge on any atom is 0.341 e. The van der Waals surface area contributed by atoms with E-state index in [2.05, 4.69) is 0 Å². The Bertz CT molecular complexity index is 877. The van der Waals surface area contributed by atoms with Crippen LogP contribution in [-0.2, 0) is 21.4 Å². The minimum atomic E-state index is -0.702. The lowest BCUT2D eigenvalue weighted by atomic mass is 10.0. The van der Waals surface area contributed by atoms with Crippen molar-refractivity contribution in [1.82, 2.24) is 4.57 Å². The zero-order valence-electron chi connectivity index (χ0n) is 14.0. The smallest absolute Gasteiger partial charge is 0.341 e. The second kappa shape index (κ2) is 6.66. The normalized spacial score (nSPS) is 11.6. The fourth-order valence-corrected chi connectivity index (χ4v) is 2.54. The molecule has 1 aromatic heterocycles. The Morgan fingerprint density at radius 3 is 2.58 bits per heavy atom. The number of hydrogen-bond donors (Lipinski definition) is 0. The van der Waals surface area contributed by atoms with Crippen molar-refractivity contribution in [1.29, 1.82) is 0 Å². The Hall–Kier alpha value is -2.96. The van der Waals surface area contributed by atoms with Crippen molar-refractivity contribution in [3.8, 4) is 0 Å². The number of nitrogens with zero attached hydrogens (tertiary/aromatic N) is 2. The number of ketones is 1. The van der Waals surface area contributed by atoms with Crippen molar-refractivity contribution in [2.45, 2.75) is 20.8 Å². The van der Waals surface area contributed by atoms with Gasteiger partial charge in [-0.15, -0.1) is 0 Å². The van der Waals surface area contributed by atoms with Crippen molar-refractivity contribution in [3.05, 3.63) is 45.1 Å². The Labute approximate surface area is 138 Å². The van der Waals surface area contributed by atoms with Crippen molar-refractivity contribution in [2.75, 3.05) is 6.61 Å². The molecule has 0 amide bonds. The molecule has 0 saturated heterocycles. The molecule has 0 fully saturated rings. The molecule has 7 heteroatoms. The first kappa shape index (κ1) is 17.4. The van der Waals surface area contributed by atoms with Crippen LogP contribution in [-0.4, -0.2) is 27.8 Å². The number of aromatic nitrogens is 1. The number of benzene rings is 1. The van der Waals surface area contributed by atoms with Crippen LogP contribution < -0.4 is 0 Å². The van der Waals surface area contributed by atoms with Crippen molar-refractivity contribution < 1.29 is 19.2 Å². The van der Waals surface area contributed by atoms with Gasteiger partial charge in [-0.25, -0.2) is 4.79 Å².